The molecule has 0 N–H and O–H groups in total. The fourth-order valence-electron chi connectivity index (χ4n) is 0.932. The van der Waals surface area contributed by atoms with Gasteiger partial charge in [-0.3, -0.25) is 9.48 Å². The van der Waals surface area contributed by atoms with E-state index in [1.165, 1.54) is 7.11 Å². The van der Waals surface area contributed by atoms with Crippen molar-refractivity contribution >= 4 is 5.97 Å². The molecule has 0 saturated carbocycles. The zero-order valence-electron chi connectivity index (χ0n) is 7.28. The predicted octanol–water partition coefficient (Wildman–Crippen LogP) is 0.755. The molecule has 4 heteroatoms. The molecule has 0 unspecified atom stereocenters. The van der Waals surface area contributed by atoms with Crippen molar-refractivity contribution in [3.63, 3.8) is 0 Å². The van der Waals surface area contributed by atoms with Crippen LogP contribution >= 0.6 is 0 Å². The lowest BCUT2D eigenvalue weighted by atomic mass is 10.4. The lowest BCUT2D eigenvalue weighted by molar-refractivity contribution is -0.140. The maximum absolute atomic E-state index is 10.8. The number of aromatic nitrogens is 2. The summed E-state index contributed by atoms with van der Waals surface area (Å²) in [5, 5.41) is 4.03. The number of nitrogens with zero attached hydrogens (tertiary/aromatic N) is 2. The van der Waals surface area contributed by atoms with E-state index < -0.39 is 0 Å². The van der Waals surface area contributed by atoms with Crippen molar-refractivity contribution in [1.82, 2.24) is 9.78 Å². The van der Waals surface area contributed by atoms with E-state index in [1.54, 1.807) is 10.9 Å². The average Bonchev–Trinajstić information content (AvgIpc) is 2.47. The summed E-state index contributed by atoms with van der Waals surface area (Å²) < 4.78 is 6.28. The van der Waals surface area contributed by atoms with E-state index in [-0.39, 0.29) is 5.97 Å². The van der Waals surface area contributed by atoms with Crippen molar-refractivity contribution in [3.05, 3.63) is 18.0 Å². The Labute approximate surface area is 71.1 Å². The van der Waals surface area contributed by atoms with Crippen molar-refractivity contribution in [3.8, 4) is 0 Å². The molecule has 0 amide bonds. The summed E-state index contributed by atoms with van der Waals surface area (Å²) in [7, 11) is 1.39. The zero-order valence-corrected chi connectivity index (χ0v) is 7.28. The first kappa shape index (κ1) is 8.77. The summed E-state index contributed by atoms with van der Waals surface area (Å²) in [6, 6.07) is 1.90. The van der Waals surface area contributed by atoms with E-state index in [0.717, 1.165) is 5.69 Å². The molecule has 1 aromatic rings. The van der Waals surface area contributed by atoms with Crippen molar-refractivity contribution in [2.75, 3.05) is 7.11 Å². The van der Waals surface area contributed by atoms with Crippen LogP contribution in [0.3, 0.4) is 0 Å². The molecular formula is C8H12N2O2. The maximum atomic E-state index is 10.8. The van der Waals surface area contributed by atoms with Gasteiger partial charge in [0.25, 0.3) is 0 Å². The van der Waals surface area contributed by atoms with Crippen molar-refractivity contribution in [2.24, 2.45) is 0 Å². The molecule has 1 rings (SSSR count). The van der Waals surface area contributed by atoms with Gasteiger partial charge in [0, 0.05) is 11.9 Å². The Morgan fingerprint density at radius 1 is 1.75 bits per heavy atom. The Morgan fingerprint density at radius 3 is 3.00 bits per heavy atom. The minimum Gasteiger partial charge on any atom is -0.469 e. The first-order chi connectivity index (χ1) is 5.74. The van der Waals surface area contributed by atoms with Gasteiger partial charge in [-0.1, -0.05) is 0 Å². The van der Waals surface area contributed by atoms with Crippen LogP contribution < -0.4 is 0 Å². The summed E-state index contributed by atoms with van der Waals surface area (Å²) in [5.41, 5.74) is 1.05. The Kier molecular flexibility index (Phi) is 2.85. The van der Waals surface area contributed by atoms with E-state index in [1.807, 2.05) is 13.0 Å². The van der Waals surface area contributed by atoms with Gasteiger partial charge >= 0.3 is 5.97 Å². The maximum Gasteiger partial charge on any atom is 0.307 e. The number of rotatable bonds is 3. The number of carbonyl (C=O) groups excluding carboxylic acids is 1. The molecule has 4 nitrogen and oxygen atoms in total. The van der Waals surface area contributed by atoms with E-state index >= 15 is 0 Å². The number of ether oxygens (including phenoxy) is 1. The number of methoxy groups -OCH3 is 1. The first-order valence-corrected chi connectivity index (χ1v) is 3.79. The van der Waals surface area contributed by atoms with Crippen molar-refractivity contribution < 1.29 is 9.53 Å². The fourth-order valence-corrected chi connectivity index (χ4v) is 0.932. The number of hydrogen-bond donors (Lipinski definition) is 0. The summed E-state index contributed by atoms with van der Waals surface area (Å²) in [6.07, 6.45) is 2.09. The molecule has 0 aliphatic carbocycles. The van der Waals surface area contributed by atoms with Crippen LogP contribution in [0.25, 0.3) is 0 Å². The van der Waals surface area contributed by atoms with Crippen LogP contribution in [-0.2, 0) is 16.1 Å². The summed E-state index contributed by atoms with van der Waals surface area (Å²) in [6.45, 7) is 2.54. The fraction of sp³-hybridized carbons (Fsp3) is 0.500. The monoisotopic (exact) mass is 168 g/mol. The number of esters is 1. The van der Waals surface area contributed by atoms with Gasteiger partial charge in [-0.15, -0.1) is 0 Å². The van der Waals surface area contributed by atoms with Gasteiger partial charge in [0.15, 0.2) is 0 Å². The standard InChI is InChI=1S/C8H12N2O2/c1-7-3-5-9-10(7)6-4-8(11)12-2/h3,5H,4,6H2,1-2H3. The largest absolute Gasteiger partial charge is 0.469 e. The van der Waals surface area contributed by atoms with Crippen molar-refractivity contribution in [1.29, 1.82) is 0 Å². The highest BCUT2D eigenvalue weighted by Gasteiger charge is 2.02. The van der Waals surface area contributed by atoms with E-state index in [2.05, 4.69) is 9.84 Å². The van der Waals surface area contributed by atoms with Crippen LogP contribution in [0.4, 0.5) is 0 Å². The highest BCUT2D eigenvalue weighted by Crippen LogP contribution is 1.97. The second-order valence-corrected chi connectivity index (χ2v) is 2.52. The summed E-state index contributed by atoms with van der Waals surface area (Å²) in [5.74, 6) is -0.204. The minimum atomic E-state index is -0.204. The number of hydrogen-bond acceptors (Lipinski definition) is 3. The molecule has 0 aromatic carbocycles. The Morgan fingerprint density at radius 2 is 2.50 bits per heavy atom. The van der Waals surface area contributed by atoms with Gasteiger partial charge in [-0.2, -0.15) is 5.10 Å². The second kappa shape index (κ2) is 3.90. The van der Waals surface area contributed by atoms with Crippen LogP contribution in [-0.4, -0.2) is 22.9 Å². The molecule has 0 fully saturated rings. The predicted molar refractivity (Wildman–Crippen MR) is 43.6 cm³/mol. The Balaban J connectivity index is 2.43. The quantitative estimate of drug-likeness (QED) is 0.626. The van der Waals surface area contributed by atoms with E-state index in [0.29, 0.717) is 13.0 Å². The number of aryl methyl sites for hydroxylation is 2. The molecule has 0 spiro atoms. The zero-order chi connectivity index (χ0) is 8.97. The van der Waals surface area contributed by atoms with E-state index in [9.17, 15) is 4.79 Å². The lowest BCUT2D eigenvalue weighted by Crippen LogP contribution is -2.08. The SMILES string of the molecule is COC(=O)CCn1nccc1C. The summed E-state index contributed by atoms with van der Waals surface area (Å²) in [4.78, 5) is 10.8. The molecule has 66 valence electrons. The Bertz CT molecular complexity index is 268. The van der Waals surface area contributed by atoms with Crippen molar-refractivity contribution in [2.45, 2.75) is 19.9 Å². The highest BCUT2D eigenvalue weighted by atomic mass is 16.5. The molecule has 0 saturated heterocycles. The third-order valence-corrected chi connectivity index (χ3v) is 1.68. The molecule has 12 heavy (non-hydrogen) atoms. The number of carbonyl (C=O) groups is 1. The molecular weight excluding hydrogens is 156 g/mol. The van der Waals surface area contributed by atoms with E-state index in [4.69, 9.17) is 0 Å². The van der Waals surface area contributed by atoms with Gasteiger partial charge in [0.1, 0.15) is 0 Å². The normalized spacial score (nSPS) is 9.83. The Hall–Kier alpha value is -1.32. The molecule has 0 radical (unpaired) electrons. The second-order valence-electron chi connectivity index (χ2n) is 2.52. The molecule has 0 aliphatic rings. The van der Waals surface area contributed by atoms with Gasteiger partial charge in [-0.25, -0.2) is 0 Å². The smallest absolute Gasteiger partial charge is 0.307 e. The van der Waals surface area contributed by atoms with Crippen LogP contribution in [0, 0.1) is 6.92 Å². The van der Waals surface area contributed by atoms with Crippen LogP contribution in [0.2, 0.25) is 0 Å². The highest BCUT2D eigenvalue weighted by molar-refractivity contribution is 5.68. The average molecular weight is 168 g/mol. The molecule has 1 heterocycles. The lowest BCUT2D eigenvalue weighted by Gasteiger charge is -2.02. The molecule has 1 aromatic heterocycles. The van der Waals surface area contributed by atoms with Crippen LogP contribution in [0.1, 0.15) is 12.1 Å². The molecule has 0 atom stereocenters. The van der Waals surface area contributed by atoms with Crippen LogP contribution in [0.15, 0.2) is 12.3 Å². The van der Waals surface area contributed by atoms with Gasteiger partial charge < -0.3 is 4.74 Å². The van der Waals surface area contributed by atoms with Gasteiger partial charge in [0.05, 0.1) is 20.1 Å². The van der Waals surface area contributed by atoms with Gasteiger partial charge in [0.2, 0.25) is 0 Å². The molecule has 0 aliphatic heterocycles. The topological polar surface area (TPSA) is 44.1 Å². The molecule has 0 bridgehead atoms. The summed E-state index contributed by atoms with van der Waals surface area (Å²) >= 11 is 0. The first-order valence-electron chi connectivity index (χ1n) is 3.79. The van der Waals surface area contributed by atoms with Crippen LogP contribution in [0.5, 0.6) is 0 Å². The van der Waals surface area contributed by atoms with Gasteiger partial charge in [-0.05, 0) is 13.0 Å². The third kappa shape index (κ3) is 2.08. The third-order valence-electron chi connectivity index (χ3n) is 1.68. The minimum absolute atomic E-state index is 0.204.